The van der Waals surface area contributed by atoms with Crippen LogP contribution in [0.2, 0.25) is 0 Å². The Hall–Kier alpha value is -2.08. The SMILES string of the molecule is O=C1COc2cc(C(=O)N3CCCCCO3)ccc2N1. The summed E-state index contributed by atoms with van der Waals surface area (Å²) in [5, 5.41) is 4.11. The maximum atomic E-state index is 12.4. The Morgan fingerprint density at radius 3 is 3.05 bits per heavy atom. The number of hydrogen-bond acceptors (Lipinski definition) is 4. The van der Waals surface area contributed by atoms with Crippen molar-refractivity contribution >= 4 is 17.5 Å². The second-order valence-electron chi connectivity index (χ2n) is 4.85. The van der Waals surface area contributed by atoms with Crippen LogP contribution >= 0.6 is 0 Å². The first kappa shape index (κ1) is 12.9. The number of nitrogens with one attached hydrogen (secondary N) is 1. The molecule has 1 N–H and O–H groups in total. The van der Waals surface area contributed by atoms with Crippen LogP contribution in [0, 0.1) is 0 Å². The van der Waals surface area contributed by atoms with Gasteiger partial charge in [0.1, 0.15) is 5.75 Å². The molecule has 3 rings (SSSR count). The standard InChI is InChI=1S/C14H16N2O4/c17-13-9-19-12-8-10(4-5-11(12)15-13)14(18)16-6-2-1-3-7-20-16/h4-5,8H,1-3,6-7,9H2,(H,15,17). The van der Waals surface area contributed by atoms with Gasteiger partial charge in [0, 0.05) is 12.1 Å². The lowest BCUT2D eigenvalue weighted by molar-refractivity contribution is -0.118. The first-order chi connectivity index (χ1) is 9.74. The predicted octanol–water partition coefficient (Wildman–Crippen LogP) is 1.58. The van der Waals surface area contributed by atoms with Gasteiger partial charge in [-0.05, 0) is 37.5 Å². The van der Waals surface area contributed by atoms with E-state index in [1.807, 2.05) is 0 Å². The molecule has 0 aliphatic carbocycles. The van der Waals surface area contributed by atoms with Crippen LogP contribution in [0.15, 0.2) is 18.2 Å². The molecule has 2 heterocycles. The molecule has 2 amide bonds. The highest BCUT2D eigenvalue weighted by molar-refractivity contribution is 5.98. The molecular weight excluding hydrogens is 260 g/mol. The molecule has 1 saturated heterocycles. The average Bonchev–Trinajstić information content (AvgIpc) is 2.75. The number of nitrogens with zero attached hydrogens (tertiary/aromatic N) is 1. The van der Waals surface area contributed by atoms with Gasteiger partial charge < -0.3 is 10.1 Å². The largest absolute Gasteiger partial charge is 0.482 e. The van der Waals surface area contributed by atoms with Crippen molar-refractivity contribution in [3.8, 4) is 5.75 Å². The smallest absolute Gasteiger partial charge is 0.277 e. The van der Waals surface area contributed by atoms with E-state index in [0.717, 1.165) is 19.3 Å². The number of carbonyl (C=O) groups excluding carboxylic acids is 2. The predicted molar refractivity (Wildman–Crippen MR) is 71.4 cm³/mol. The summed E-state index contributed by atoms with van der Waals surface area (Å²) in [6.07, 6.45) is 3.00. The Morgan fingerprint density at radius 1 is 1.25 bits per heavy atom. The van der Waals surface area contributed by atoms with Crippen molar-refractivity contribution in [1.29, 1.82) is 0 Å². The number of anilines is 1. The number of carbonyl (C=O) groups is 2. The Labute approximate surface area is 116 Å². The molecule has 0 saturated carbocycles. The zero-order valence-electron chi connectivity index (χ0n) is 11.1. The van der Waals surface area contributed by atoms with Crippen LogP contribution in [0.5, 0.6) is 5.75 Å². The third kappa shape index (κ3) is 2.60. The van der Waals surface area contributed by atoms with Gasteiger partial charge in [0.05, 0.1) is 12.3 Å². The Balaban J connectivity index is 1.79. The van der Waals surface area contributed by atoms with Crippen molar-refractivity contribution in [2.75, 3.05) is 25.1 Å². The first-order valence-corrected chi connectivity index (χ1v) is 6.75. The maximum absolute atomic E-state index is 12.4. The molecule has 0 unspecified atom stereocenters. The van der Waals surface area contributed by atoms with Gasteiger partial charge in [-0.2, -0.15) is 0 Å². The number of rotatable bonds is 1. The molecule has 106 valence electrons. The van der Waals surface area contributed by atoms with Crippen molar-refractivity contribution in [3.63, 3.8) is 0 Å². The molecule has 1 aromatic rings. The highest BCUT2D eigenvalue weighted by Crippen LogP contribution is 2.29. The molecule has 1 fully saturated rings. The molecule has 6 nitrogen and oxygen atoms in total. The van der Waals surface area contributed by atoms with Gasteiger partial charge in [0.25, 0.3) is 11.8 Å². The number of fused-ring (bicyclic) bond motifs is 1. The fraction of sp³-hybridized carbons (Fsp3) is 0.429. The monoisotopic (exact) mass is 276 g/mol. The number of ether oxygens (including phenoxy) is 1. The van der Waals surface area contributed by atoms with Gasteiger partial charge >= 0.3 is 0 Å². The van der Waals surface area contributed by atoms with Crippen LogP contribution < -0.4 is 10.1 Å². The molecule has 6 heteroatoms. The lowest BCUT2D eigenvalue weighted by Gasteiger charge is -2.21. The molecule has 1 aromatic carbocycles. The van der Waals surface area contributed by atoms with Crippen molar-refractivity contribution in [3.05, 3.63) is 23.8 Å². The number of benzene rings is 1. The zero-order valence-corrected chi connectivity index (χ0v) is 11.1. The summed E-state index contributed by atoms with van der Waals surface area (Å²) >= 11 is 0. The van der Waals surface area contributed by atoms with Crippen LogP contribution in [0.4, 0.5) is 5.69 Å². The summed E-state index contributed by atoms with van der Waals surface area (Å²) in [5.74, 6) is 0.160. The van der Waals surface area contributed by atoms with Gasteiger partial charge in [0.15, 0.2) is 6.61 Å². The fourth-order valence-corrected chi connectivity index (χ4v) is 2.29. The highest BCUT2D eigenvalue weighted by atomic mass is 16.7. The first-order valence-electron chi connectivity index (χ1n) is 6.75. The summed E-state index contributed by atoms with van der Waals surface area (Å²) in [5.41, 5.74) is 1.09. The van der Waals surface area contributed by atoms with E-state index < -0.39 is 0 Å². The molecule has 0 atom stereocenters. The van der Waals surface area contributed by atoms with E-state index in [2.05, 4.69) is 5.32 Å². The summed E-state index contributed by atoms with van der Waals surface area (Å²) in [6.45, 7) is 1.15. The molecule has 2 aliphatic heterocycles. The van der Waals surface area contributed by atoms with E-state index in [4.69, 9.17) is 9.57 Å². The van der Waals surface area contributed by atoms with Crippen LogP contribution in [-0.2, 0) is 9.63 Å². The molecular formula is C14H16N2O4. The summed E-state index contributed by atoms with van der Waals surface area (Å²) in [4.78, 5) is 29.0. The van der Waals surface area contributed by atoms with E-state index in [1.54, 1.807) is 18.2 Å². The highest BCUT2D eigenvalue weighted by Gasteiger charge is 2.22. The fourth-order valence-electron chi connectivity index (χ4n) is 2.29. The molecule has 0 spiro atoms. The van der Waals surface area contributed by atoms with E-state index in [0.29, 0.717) is 30.2 Å². The van der Waals surface area contributed by atoms with E-state index in [1.165, 1.54) is 5.06 Å². The van der Waals surface area contributed by atoms with E-state index in [9.17, 15) is 9.59 Å². The minimum Gasteiger partial charge on any atom is -0.482 e. The van der Waals surface area contributed by atoms with Crippen molar-refractivity contribution in [1.82, 2.24) is 5.06 Å². The molecule has 0 aromatic heterocycles. The molecule has 2 aliphatic rings. The lowest BCUT2D eigenvalue weighted by atomic mass is 10.1. The topological polar surface area (TPSA) is 67.9 Å². The van der Waals surface area contributed by atoms with Crippen molar-refractivity contribution < 1.29 is 19.2 Å². The van der Waals surface area contributed by atoms with E-state index >= 15 is 0 Å². The summed E-state index contributed by atoms with van der Waals surface area (Å²) in [6, 6.07) is 4.99. The summed E-state index contributed by atoms with van der Waals surface area (Å²) in [7, 11) is 0. The van der Waals surface area contributed by atoms with Crippen LogP contribution in [0.3, 0.4) is 0 Å². The Morgan fingerprint density at radius 2 is 2.15 bits per heavy atom. The lowest BCUT2D eigenvalue weighted by Crippen LogP contribution is -2.31. The Kier molecular flexibility index (Phi) is 3.56. The minimum atomic E-state index is -0.188. The van der Waals surface area contributed by atoms with Crippen LogP contribution in [0.1, 0.15) is 29.6 Å². The molecule has 0 radical (unpaired) electrons. The van der Waals surface area contributed by atoms with Crippen molar-refractivity contribution in [2.45, 2.75) is 19.3 Å². The third-order valence-corrected chi connectivity index (χ3v) is 3.34. The van der Waals surface area contributed by atoms with Crippen LogP contribution in [-0.4, -0.2) is 36.6 Å². The van der Waals surface area contributed by atoms with Gasteiger partial charge in [-0.1, -0.05) is 0 Å². The second kappa shape index (κ2) is 5.50. The van der Waals surface area contributed by atoms with Crippen molar-refractivity contribution in [2.24, 2.45) is 0 Å². The average molecular weight is 276 g/mol. The quantitative estimate of drug-likeness (QED) is 0.845. The minimum absolute atomic E-state index is 0.0230. The Bertz CT molecular complexity index is 536. The zero-order chi connectivity index (χ0) is 13.9. The molecule has 0 bridgehead atoms. The van der Waals surface area contributed by atoms with Gasteiger partial charge in [-0.3, -0.25) is 14.4 Å². The van der Waals surface area contributed by atoms with Gasteiger partial charge in [0.2, 0.25) is 0 Å². The number of hydrogen-bond donors (Lipinski definition) is 1. The summed E-state index contributed by atoms with van der Waals surface area (Å²) < 4.78 is 5.31. The maximum Gasteiger partial charge on any atom is 0.277 e. The number of amides is 2. The second-order valence-corrected chi connectivity index (χ2v) is 4.85. The molecule has 20 heavy (non-hydrogen) atoms. The van der Waals surface area contributed by atoms with Crippen LogP contribution in [0.25, 0.3) is 0 Å². The normalized spacial score (nSPS) is 18.6. The third-order valence-electron chi connectivity index (χ3n) is 3.34. The van der Waals surface area contributed by atoms with Gasteiger partial charge in [-0.15, -0.1) is 0 Å². The van der Waals surface area contributed by atoms with E-state index in [-0.39, 0.29) is 18.4 Å². The number of hydroxylamine groups is 2. The van der Waals surface area contributed by atoms with Gasteiger partial charge in [-0.25, -0.2) is 5.06 Å².